The van der Waals surface area contributed by atoms with Crippen molar-refractivity contribution >= 4 is 12.0 Å². The summed E-state index contributed by atoms with van der Waals surface area (Å²) in [5.41, 5.74) is 1.74. The van der Waals surface area contributed by atoms with Crippen molar-refractivity contribution in [1.82, 2.24) is 0 Å². The number of rotatable bonds is 4. The monoisotopic (exact) mass is 219 g/mol. The second kappa shape index (κ2) is 5.66. The van der Waals surface area contributed by atoms with Crippen LogP contribution in [0.3, 0.4) is 0 Å². The van der Waals surface area contributed by atoms with Crippen LogP contribution in [0.1, 0.15) is 23.2 Å². The second-order valence-electron chi connectivity index (χ2n) is 4.18. The minimum absolute atomic E-state index is 0.689. The summed E-state index contributed by atoms with van der Waals surface area (Å²) in [6.07, 6.45) is 3.13. The van der Waals surface area contributed by atoms with E-state index in [-0.39, 0.29) is 0 Å². The van der Waals surface area contributed by atoms with E-state index in [0.29, 0.717) is 5.92 Å². The molecule has 0 bridgehead atoms. The van der Waals surface area contributed by atoms with Crippen molar-refractivity contribution in [2.24, 2.45) is 5.92 Å². The van der Waals surface area contributed by atoms with Crippen molar-refractivity contribution in [2.45, 2.75) is 12.8 Å². The SMILES string of the molecule is O=Cc1cccc(NCC2CCOCC2)c1. The Bertz CT molecular complexity index is 346. The van der Waals surface area contributed by atoms with E-state index < -0.39 is 0 Å². The van der Waals surface area contributed by atoms with Crippen molar-refractivity contribution in [3.8, 4) is 0 Å². The number of anilines is 1. The zero-order valence-corrected chi connectivity index (χ0v) is 9.32. The van der Waals surface area contributed by atoms with E-state index in [1.54, 1.807) is 0 Å². The van der Waals surface area contributed by atoms with Crippen LogP contribution in [0, 0.1) is 5.92 Å². The quantitative estimate of drug-likeness (QED) is 0.790. The van der Waals surface area contributed by atoms with E-state index >= 15 is 0 Å². The molecule has 16 heavy (non-hydrogen) atoms. The first kappa shape index (κ1) is 11.1. The Morgan fingerprint density at radius 2 is 2.19 bits per heavy atom. The summed E-state index contributed by atoms with van der Waals surface area (Å²) in [6.45, 7) is 2.72. The number of nitrogens with one attached hydrogen (secondary N) is 1. The number of carbonyl (C=O) groups is 1. The molecule has 0 radical (unpaired) electrons. The van der Waals surface area contributed by atoms with E-state index in [4.69, 9.17) is 4.74 Å². The number of hydrogen-bond acceptors (Lipinski definition) is 3. The molecule has 0 aliphatic carbocycles. The lowest BCUT2D eigenvalue weighted by Gasteiger charge is -2.22. The maximum absolute atomic E-state index is 10.6. The van der Waals surface area contributed by atoms with Crippen LogP contribution in [0.15, 0.2) is 24.3 Å². The maximum Gasteiger partial charge on any atom is 0.150 e. The van der Waals surface area contributed by atoms with E-state index in [1.807, 2.05) is 24.3 Å². The van der Waals surface area contributed by atoms with E-state index in [2.05, 4.69) is 5.32 Å². The predicted octanol–water partition coefficient (Wildman–Crippen LogP) is 2.34. The highest BCUT2D eigenvalue weighted by atomic mass is 16.5. The van der Waals surface area contributed by atoms with Crippen molar-refractivity contribution in [1.29, 1.82) is 0 Å². The van der Waals surface area contributed by atoms with Gasteiger partial charge >= 0.3 is 0 Å². The number of aldehydes is 1. The van der Waals surface area contributed by atoms with Gasteiger partial charge in [-0.15, -0.1) is 0 Å². The van der Waals surface area contributed by atoms with Crippen LogP contribution in [-0.2, 0) is 4.74 Å². The molecule has 1 aromatic carbocycles. The van der Waals surface area contributed by atoms with E-state index in [0.717, 1.165) is 50.1 Å². The maximum atomic E-state index is 10.6. The Kier molecular flexibility index (Phi) is 3.94. The Labute approximate surface area is 95.8 Å². The summed E-state index contributed by atoms with van der Waals surface area (Å²) < 4.78 is 5.31. The van der Waals surface area contributed by atoms with Gasteiger partial charge in [0, 0.05) is 31.0 Å². The molecule has 3 nitrogen and oxygen atoms in total. The summed E-state index contributed by atoms with van der Waals surface area (Å²) in [5, 5.41) is 3.37. The van der Waals surface area contributed by atoms with Gasteiger partial charge in [-0.3, -0.25) is 4.79 Å². The van der Waals surface area contributed by atoms with E-state index in [9.17, 15) is 4.79 Å². The van der Waals surface area contributed by atoms with Gasteiger partial charge in [0.05, 0.1) is 0 Å². The normalized spacial score (nSPS) is 17.0. The fraction of sp³-hybridized carbons (Fsp3) is 0.462. The molecule has 3 heteroatoms. The van der Waals surface area contributed by atoms with Gasteiger partial charge in [-0.05, 0) is 30.9 Å². The molecule has 1 aliphatic rings. The minimum Gasteiger partial charge on any atom is -0.385 e. The third-order valence-corrected chi connectivity index (χ3v) is 2.96. The second-order valence-corrected chi connectivity index (χ2v) is 4.18. The van der Waals surface area contributed by atoms with Crippen LogP contribution >= 0.6 is 0 Å². The Hall–Kier alpha value is -1.35. The molecule has 0 amide bonds. The minimum atomic E-state index is 0.689. The van der Waals surface area contributed by atoms with Gasteiger partial charge in [0.15, 0.2) is 0 Å². The van der Waals surface area contributed by atoms with Gasteiger partial charge in [-0.25, -0.2) is 0 Å². The summed E-state index contributed by atoms with van der Waals surface area (Å²) in [5.74, 6) is 0.689. The van der Waals surface area contributed by atoms with Crippen LogP contribution in [0.2, 0.25) is 0 Å². The van der Waals surface area contributed by atoms with Gasteiger partial charge in [-0.1, -0.05) is 12.1 Å². The Morgan fingerprint density at radius 3 is 2.94 bits per heavy atom. The third kappa shape index (κ3) is 3.07. The van der Waals surface area contributed by atoms with Crippen molar-refractivity contribution < 1.29 is 9.53 Å². The van der Waals surface area contributed by atoms with Crippen molar-refractivity contribution in [3.63, 3.8) is 0 Å². The first-order chi connectivity index (χ1) is 7.88. The van der Waals surface area contributed by atoms with Crippen LogP contribution in [0.4, 0.5) is 5.69 Å². The first-order valence-corrected chi connectivity index (χ1v) is 5.75. The summed E-state index contributed by atoms with van der Waals surface area (Å²) in [6, 6.07) is 7.58. The molecule has 1 aliphatic heterocycles. The zero-order chi connectivity index (χ0) is 11.2. The molecule has 0 atom stereocenters. The largest absolute Gasteiger partial charge is 0.385 e. The van der Waals surface area contributed by atoms with Gasteiger partial charge in [0.25, 0.3) is 0 Å². The zero-order valence-electron chi connectivity index (χ0n) is 9.32. The highest BCUT2D eigenvalue weighted by Crippen LogP contribution is 2.16. The third-order valence-electron chi connectivity index (χ3n) is 2.96. The van der Waals surface area contributed by atoms with Gasteiger partial charge in [0.1, 0.15) is 6.29 Å². The summed E-state index contributed by atoms with van der Waals surface area (Å²) in [4.78, 5) is 10.6. The van der Waals surface area contributed by atoms with E-state index in [1.165, 1.54) is 0 Å². The average Bonchev–Trinajstić information content (AvgIpc) is 2.38. The van der Waals surface area contributed by atoms with Gasteiger partial charge in [0.2, 0.25) is 0 Å². The molecule has 2 rings (SSSR count). The molecule has 1 saturated heterocycles. The number of carbonyl (C=O) groups excluding carboxylic acids is 1. The molecule has 0 spiro atoms. The van der Waals surface area contributed by atoms with Crippen molar-refractivity contribution in [2.75, 3.05) is 25.1 Å². The van der Waals surface area contributed by atoms with Crippen LogP contribution in [-0.4, -0.2) is 26.0 Å². The molecular weight excluding hydrogens is 202 g/mol. The lowest BCUT2D eigenvalue weighted by Crippen LogP contribution is -2.22. The predicted molar refractivity (Wildman–Crippen MR) is 63.9 cm³/mol. The number of ether oxygens (including phenoxy) is 1. The van der Waals surface area contributed by atoms with Gasteiger partial charge < -0.3 is 10.1 Å². The fourth-order valence-corrected chi connectivity index (χ4v) is 1.93. The highest BCUT2D eigenvalue weighted by Gasteiger charge is 2.12. The smallest absolute Gasteiger partial charge is 0.150 e. The number of hydrogen-bond donors (Lipinski definition) is 1. The molecule has 86 valence electrons. The van der Waals surface area contributed by atoms with Crippen molar-refractivity contribution in [3.05, 3.63) is 29.8 Å². The van der Waals surface area contributed by atoms with Crippen LogP contribution in [0.5, 0.6) is 0 Å². The molecule has 1 fully saturated rings. The molecule has 0 aromatic heterocycles. The van der Waals surface area contributed by atoms with Crippen LogP contribution < -0.4 is 5.32 Å². The highest BCUT2D eigenvalue weighted by molar-refractivity contribution is 5.76. The molecular formula is C13H17NO2. The first-order valence-electron chi connectivity index (χ1n) is 5.75. The van der Waals surface area contributed by atoms with Crippen LogP contribution in [0.25, 0.3) is 0 Å². The topological polar surface area (TPSA) is 38.3 Å². The van der Waals surface area contributed by atoms with Gasteiger partial charge in [-0.2, -0.15) is 0 Å². The average molecular weight is 219 g/mol. The fourth-order valence-electron chi connectivity index (χ4n) is 1.93. The Balaban J connectivity index is 1.85. The number of benzene rings is 1. The molecule has 0 unspecified atom stereocenters. The lowest BCUT2D eigenvalue weighted by atomic mass is 10.0. The molecule has 0 saturated carbocycles. The molecule has 1 aromatic rings. The molecule has 1 heterocycles. The standard InChI is InChI=1S/C13H17NO2/c15-10-12-2-1-3-13(8-12)14-9-11-4-6-16-7-5-11/h1-3,8,10-11,14H,4-7,9H2. The Morgan fingerprint density at radius 1 is 1.38 bits per heavy atom. The summed E-state index contributed by atoms with van der Waals surface area (Å²) in [7, 11) is 0. The summed E-state index contributed by atoms with van der Waals surface area (Å²) >= 11 is 0. The molecule has 1 N–H and O–H groups in total. The lowest BCUT2D eigenvalue weighted by molar-refractivity contribution is 0.0699.